The van der Waals surface area contributed by atoms with E-state index in [-0.39, 0.29) is 17.7 Å². The molecule has 0 radical (unpaired) electrons. The predicted molar refractivity (Wildman–Crippen MR) is 81.8 cm³/mol. The third kappa shape index (κ3) is 4.03. The van der Waals surface area contributed by atoms with Crippen LogP contribution in [0.3, 0.4) is 0 Å². The van der Waals surface area contributed by atoms with Gasteiger partial charge in [0.15, 0.2) is 0 Å². The highest BCUT2D eigenvalue weighted by Gasteiger charge is 2.28. The molecule has 1 aromatic rings. The molecule has 1 aromatic heterocycles. The second-order valence-corrected chi connectivity index (χ2v) is 5.59. The van der Waals surface area contributed by atoms with Gasteiger partial charge in [0.1, 0.15) is 5.82 Å². The number of carbonyl (C=O) groups excluding carboxylic acids is 2. The molecule has 1 atom stereocenters. The van der Waals surface area contributed by atoms with Crippen molar-refractivity contribution < 1.29 is 9.59 Å². The maximum absolute atomic E-state index is 12.4. The van der Waals surface area contributed by atoms with Crippen molar-refractivity contribution in [2.45, 2.75) is 39.5 Å². The van der Waals surface area contributed by atoms with Crippen LogP contribution in [-0.2, 0) is 9.59 Å². The number of anilines is 1. The molecule has 1 saturated heterocycles. The largest absolute Gasteiger partial charge is 0.342 e. The van der Waals surface area contributed by atoms with E-state index in [0.29, 0.717) is 18.8 Å². The summed E-state index contributed by atoms with van der Waals surface area (Å²) < 4.78 is 0. The normalized spacial score (nSPS) is 18.4. The number of nitrogens with zero attached hydrogens (tertiary/aromatic N) is 2. The van der Waals surface area contributed by atoms with Gasteiger partial charge in [-0.3, -0.25) is 9.59 Å². The molecule has 1 unspecified atom stereocenters. The fourth-order valence-corrected chi connectivity index (χ4v) is 2.62. The fourth-order valence-electron chi connectivity index (χ4n) is 2.62. The molecule has 2 amide bonds. The molecule has 21 heavy (non-hydrogen) atoms. The van der Waals surface area contributed by atoms with Gasteiger partial charge in [-0.2, -0.15) is 0 Å². The molecule has 1 aliphatic rings. The molecule has 2 heterocycles. The topological polar surface area (TPSA) is 62.3 Å². The summed E-state index contributed by atoms with van der Waals surface area (Å²) in [4.78, 5) is 30.3. The minimum atomic E-state index is -0.138. The summed E-state index contributed by atoms with van der Waals surface area (Å²) in [6.45, 7) is 5.21. The predicted octanol–water partition coefficient (Wildman–Crippen LogP) is 2.37. The highest BCUT2D eigenvalue weighted by Crippen LogP contribution is 2.20. The van der Waals surface area contributed by atoms with Crippen LogP contribution in [0.25, 0.3) is 0 Å². The smallest absolute Gasteiger partial charge is 0.230 e. The first kappa shape index (κ1) is 15.5. The van der Waals surface area contributed by atoms with E-state index in [1.165, 1.54) is 0 Å². The van der Waals surface area contributed by atoms with E-state index in [1.54, 1.807) is 6.20 Å². The zero-order valence-electron chi connectivity index (χ0n) is 12.8. The number of aromatic nitrogens is 1. The number of hydrogen-bond acceptors (Lipinski definition) is 3. The molecule has 5 nitrogen and oxygen atoms in total. The van der Waals surface area contributed by atoms with E-state index in [9.17, 15) is 9.59 Å². The number of nitrogens with one attached hydrogen (secondary N) is 1. The highest BCUT2D eigenvalue weighted by molar-refractivity contribution is 5.92. The molecule has 1 aliphatic heterocycles. The summed E-state index contributed by atoms with van der Waals surface area (Å²) in [6.07, 6.45) is 4.79. The Morgan fingerprint density at radius 1 is 1.48 bits per heavy atom. The number of aryl methyl sites for hydroxylation is 1. The van der Waals surface area contributed by atoms with Gasteiger partial charge in [-0.05, 0) is 37.8 Å². The Kier molecular flexibility index (Phi) is 5.31. The number of piperidine rings is 1. The van der Waals surface area contributed by atoms with Crippen molar-refractivity contribution >= 4 is 17.6 Å². The molecule has 5 heteroatoms. The van der Waals surface area contributed by atoms with Crippen LogP contribution in [0.15, 0.2) is 18.3 Å². The van der Waals surface area contributed by atoms with Crippen LogP contribution in [0.1, 0.15) is 38.2 Å². The Morgan fingerprint density at radius 3 is 3.00 bits per heavy atom. The molecule has 114 valence electrons. The molecule has 0 spiro atoms. The molecule has 0 saturated carbocycles. The van der Waals surface area contributed by atoms with Crippen LogP contribution >= 0.6 is 0 Å². The zero-order valence-corrected chi connectivity index (χ0v) is 12.8. The van der Waals surface area contributed by atoms with Crippen LogP contribution in [0, 0.1) is 12.8 Å². The molecular formula is C16H23N3O2. The maximum Gasteiger partial charge on any atom is 0.230 e. The fraction of sp³-hybridized carbons (Fsp3) is 0.562. The second-order valence-electron chi connectivity index (χ2n) is 5.59. The maximum atomic E-state index is 12.4. The lowest BCUT2D eigenvalue weighted by molar-refractivity contribution is -0.134. The number of pyridine rings is 1. The highest BCUT2D eigenvalue weighted by atomic mass is 16.2. The van der Waals surface area contributed by atoms with E-state index in [1.807, 2.05) is 30.9 Å². The van der Waals surface area contributed by atoms with Crippen molar-refractivity contribution in [1.29, 1.82) is 0 Å². The van der Waals surface area contributed by atoms with Gasteiger partial charge in [0.25, 0.3) is 0 Å². The van der Waals surface area contributed by atoms with Gasteiger partial charge in [0.05, 0.1) is 5.92 Å². The van der Waals surface area contributed by atoms with Crippen molar-refractivity contribution in [3.8, 4) is 0 Å². The SMILES string of the molecule is CCCC(=O)N1CCCC(C(=O)Nc2ncccc2C)C1. The third-order valence-corrected chi connectivity index (χ3v) is 3.86. The van der Waals surface area contributed by atoms with E-state index < -0.39 is 0 Å². The van der Waals surface area contributed by atoms with Crippen molar-refractivity contribution in [3.05, 3.63) is 23.9 Å². The lowest BCUT2D eigenvalue weighted by Crippen LogP contribution is -2.43. The number of rotatable bonds is 4. The second kappa shape index (κ2) is 7.20. The lowest BCUT2D eigenvalue weighted by atomic mass is 9.96. The van der Waals surface area contributed by atoms with Crippen LogP contribution in [0.5, 0.6) is 0 Å². The summed E-state index contributed by atoms with van der Waals surface area (Å²) in [5.74, 6) is 0.593. The first-order valence-electron chi connectivity index (χ1n) is 7.62. The van der Waals surface area contributed by atoms with Gasteiger partial charge < -0.3 is 10.2 Å². The standard InChI is InChI=1S/C16H23N3O2/c1-3-6-14(20)19-10-5-8-13(11-19)16(21)18-15-12(2)7-4-9-17-15/h4,7,9,13H,3,5-6,8,10-11H2,1-2H3,(H,17,18,21). The van der Waals surface area contributed by atoms with Gasteiger partial charge in [-0.25, -0.2) is 4.98 Å². The van der Waals surface area contributed by atoms with Crippen LogP contribution in [0.2, 0.25) is 0 Å². The van der Waals surface area contributed by atoms with Gasteiger partial charge >= 0.3 is 0 Å². The molecular weight excluding hydrogens is 266 g/mol. The molecule has 1 fully saturated rings. The Balaban J connectivity index is 1.96. The van der Waals surface area contributed by atoms with E-state index in [4.69, 9.17) is 0 Å². The van der Waals surface area contributed by atoms with Crippen molar-refractivity contribution in [2.24, 2.45) is 5.92 Å². The number of hydrogen-bond donors (Lipinski definition) is 1. The summed E-state index contributed by atoms with van der Waals surface area (Å²) in [5, 5.41) is 2.88. The molecule has 0 aliphatic carbocycles. The Labute approximate surface area is 125 Å². The van der Waals surface area contributed by atoms with Gasteiger partial charge in [0.2, 0.25) is 11.8 Å². The van der Waals surface area contributed by atoms with E-state index in [0.717, 1.165) is 31.4 Å². The minimum absolute atomic E-state index is 0.0363. The van der Waals surface area contributed by atoms with Crippen molar-refractivity contribution in [1.82, 2.24) is 9.88 Å². The summed E-state index contributed by atoms with van der Waals surface area (Å²) >= 11 is 0. The first-order valence-corrected chi connectivity index (χ1v) is 7.62. The Hall–Kier alpha value is -1.91. The third-order valence-electron chi connectivity index (χ3n) is 3.86. The average Bonchev–Trinajstić information content (AvgIpc) is 2.50. The quantitative estimate of drug-likeness (QED) is 0.925. The lowest BCUT2D eigenvalue weighted by Gasteiger charge is -2.32. The summed E-state index contributed by atoms with van der Waals surface area (Å²) in [6, 6.07) is 3.76. The first-order chi connectivity index (χ1) is 10.1. The van der Waals surface area contributed by atoms with Gasteiger partial charge in [-0.1, -0.05) is 13.0 Å². The number of likely N-dealkylation sites (tertiary alicyclic amines) is 1. The van der Waals surface area contributed by atoms with Crippen LogP contribution < -0.4 is 5.32 Å². The molecule has 0 aromatic carbocycles. The molecule has 0 bridgehead atoms. The van der Waals surface area contributed by atoms with E-state index >= 15 is 0 Å². The van der Waals surface area contributed by atoms with Gasteiger partial charge in [-0.15, -0.1) is 0 Å². The van der Waals surface area contributed by atoms with Crippen molar-refractivity contribution in [3.63, 3.8) is 0 Å². The summed E-state index contributed by atoms with van der Waals surface area (Å²) in [5.41, 5.74) is 0.945. The van der Waals surface area contributed by atoms with Crippen LogP contribution in [-0.4, -0.2) is 34.8 Å². The zero-order chi connectivity index (χ0) is 15.2. The number of amides is 2. The number of carbonyl (C=O) groups is 2. The minimum Gasteiger partial charge on any atom is -0.342 e. The average molecular weight is 289 g/mol. The monoisotopic (exact) mass is 289 g/mol. The molecule has 2 rings (SSSR count). The Bertz CT molecular complexity index is 516. The Morgan fingerprint density at radius 2 is 2.29 bits per heavy atom. The van der Waals surface area contributed by atoms with Crippen molar-refractivity contribution in [2.75, 3.05) is 18.4 Å². The summed E-state index contributed by atoms with van der Waals surface area (Å²) in [7, 11) is 0. The van der Waals surface area contributed by atoms with Gasteiger partial charge in [0, 0.05) is 25.7 Å². The molecule has 1 N–H and O–H groups in total. The van der Waals surface area contributed by atoms with Crippen LogP contribution in [0.4, 0.5) is 5.82 Å². The van der Waals surface area contributed by atoms with E-state index in [2.05, 4.69) is 10.3 Å².